The van der Waals surface area contributed by atoms with E-state index in [0.29, 0.717) is 16.4 Å². The van der Waals surface area contributed by atoms with Crippen LogP contribution in [0, 0.1) is 0 Å². The molecule has 1 amide bonds. The highest BCUT2D eigenvalue weighted by Gasteiger charge is 2.21. The summed E-state index contributed by atoms with van der Waals surface area (Å²) >= 11 is 12.2. The zero-order chi connectivity index (χ0) is 20.5. The number of aromatic nitrogens is 3. The number of halogens is 2. The minimum absolute atomic E-state index is 0.00843. The van der Waals surface area contributed by atoms with Gasteiger partial charge in [-0.25, -0.2) is 22.4 Å². The Morgan fingerprint density at radius 3 is 2.54 bits per heavy atom. The summed E-state index contributed by atoms with van der Waals surface area (Å²) in [6, 6.07) is 8.79. The lowest BCUT2D eigenvalue weighted by Crippen LogP contribution is -2.23. The highest BCUT2D eigenvalue weighted by atomic mass is 35.5. The number of carbonyl (C=O) groups excluding carboxylic acids is 1. The molecule has 0 radical (unpaired) electrons. The van der Waals surface area contributed by atoms with Crippen molar-refractivity contribution in [2.75, 3.05) is 19.4 Å². The predicted molar refractivity (Wildman–Crippen MR) is 107 cm³/mol. The molecule has 8 nitrogen and oxygen atoms in total. The van der Waals surface area contributed by atoms with Crippen molar-refractivity contribution in [1.29, 1.82) is 0 Å². The molecule has 146 valence electrons. The second kappa shape index (κ2) is 7.88. The Balaban J connectivity index is 2.00. The first-order chi connectivity index (χ1) is 13.2. The topological polar surface area (TPSA) is 97.2 Å². The fourth-order valence-corrected chi connectivity index (χ4v) is 3.68. The Kier molecular flexibility index (Phi) is 5.71. The smallest absolute Gasteiger partial charge is 0.257 e. The molecule has 1 aromatic heterocycles. The summed E-state index contributed by atoms with van der Waals surface area (Å²) in [6.45, 7) is 0. The molecule has 3 aromatic rings. The molecule has 0 bridgehead atoms. The first-order valence-electron chi connectivity index (χ1n) is 7.88. The van der Waals surface area contributed by atoms with Gasteiger partial charge in [0, 0.05) is 19.1 Å². The van der Waals surface area contributed by atoms with Gasteiger partial charge in [0.15, 0.2) is 0 Å². The van der Waals surface area contributed by atoms with Crippen LogP contribution in [0.4, 0.5) is 5.69 Å². The summed E-state index contributed by atoms with van der Waals surface area (Å²) < 4.78 is 27.2. The predicted octanol–water partition coefficient (Wildman–Crippen LogP) is 3.08. The third kappa shape index (κ3) is 4.02. The molecule has 3 rings (SSSR count). The van der Waals surface area contributed by atoms with Gasteiger partial charge in [0.25, 0.3) is 5.91 Å². The maximum atomic E-state index is 12.8. The van der Waals surface area contributed by atoms with Crippen molar-refractivity contribution in [2.45, 2.75) is 4.90 Å². The molecular weight excluding hydrogens is 425 g/mol. The van der Waals surface area contributed by atoms with Gasteiger partial charge in [-0.05, 0) is 36.4 Å². The summed E-state index contributed by atoms with van der Waals surface area (Å²) in [4.78, 5) is 16.7. The first kappa shape index (κ1) is 20.3. The largest absolute Gasteiger partial charge is 0.320 e. The highest BCUT2D eigenvalue weighted by Crippen LogP contribution is 2.27. The van der Waals surface area contributed by atoms with Gasteiger partial charge in [-0.2, -0.15) is 5.10 Å². The van der Waals surface area contributed by atoms with Crippen LogP contribution in [0.25, 0.3) is 5.69 Å². The van der Waals surface area contributed by atoms with Crippen molar-refractivity contribution >= 4 is 44.8 Å². The number of benzene rings is 2. The number of hydrogen-bond donors (Lipinski definition) is 1. The molecule has 28 heavy (non-hydrogen) atoms. The van der Waals surface area contributed by atoms with E-state index in [1.54, 1.807) is 18.2 Å². The van der Waals surface area contributed by atoms with Gasteiger partial charge in [0.05, 0.1) is 26.9 Å². The number of rotatable bonds is 5. The second-order valence-corrected chi connectivity index (χ2v) is 8.88. The standard InChI is InChI=1S/C17H15Cl2N5O3S/c1-23(2)28(26,27)12-4-5-14(19)13(8-12)17(25)22-15-7-11(18)3-6-16(15)24-10-20-9-21-24/h3-10H,1-2H3,(H,22,25). The molecule has 0 saturated carbocycles. The lowest BCUT2D eigenvalue weighted by Gasteiger charge is -2.14. The summed E-state index contributed by atoms with van der Waals surface area (Å²) in [6.07, 6.45) is 2.82. The van der Waals surface area contributed by atoms with Gasteiger partial charge in [-0.1, -0.05) is 23.2 Å². The van der Waals surface area contributed by atoms with E-state index in [1.807, 2.05) is 0 Å². The normalized spacial score (nSPS) is 11.6. The molecule has 0 aliphatic carbocycles. The van der Waals surface area contributed by atoms with Gasteiger partial charge in [-0.15, -0.1) is 0 Å². The zero-order valence-corrected chi connectivity index (χ0v) is 17.1. The third-order valence-corrected chi connectivity index (χ3v) is 6.21. The minimum Gasteiger partial charge on any atom is -0.320 e. The maximum Gasteiger partial charge on any atom is 0.257 e. The Morgan fingerprint density at radius 2 is 1.89 bits per heavy atom. The molecular formula is C17H15Cl2N5O3S. The second-order valence-electron chi connectivity index (χ2n) is 5.88. The van der Waals surface area contributed by atoms with Crippen LogP contribution in [0.15, 0.2) is 53.9 Å². The zero-order valence-electron chi connectivity index (χ0n) is 14.8. The van der Waals surface area contributed by atoms with E-state index in [0.717, 1.165) is 4.31 Å². The molecule has 0 saturated heterocycles. The van der Waals surface area contributed by atoms with Gasteiger partial charge >= 0.3 is 0 Å². The third-order valence-electron chi connectivity index (χ3n) is 3.83. The SMILES string of the molecule is CN(C)S(=O)(=O)c1ccc(Cl)c(C(=O)Nc2cc(Cl)ccc2-n2cncn2)c1. The molecule has 1 heterocycles. The number of anilines is 1. The van der Waals surface area contributed by atoms with Crippen molar-refractivity contribution in [3.8, 4) is 5.69 Å². The summed E-state index contributed by atoms with van der Waals surface area (Å²) in [5, 5.41) is 7.25. The molecule has 0 aliphatic rings. The van der Waals surface area contributed by atoms with Gasteiger partial charge < -0.3 is 5.32 Å². The van der Waals surface area contributed by atoms with Crippen LogP contribution in [0.2, 0.25) is 10.0 Å². The van der Waals surface area contributed by atoms with Crippen LogP contribution < -0.4 is 5.32 Å². The van der Waals surface area contributed by atoms with E-state index in [-0.39, 0.29) is 15.5 Å². The van der Waals surface area contributed by atoms with E-state index in [2.05, 4.69) is 15.4 Å². The Labute approximate surface area is 171 Å². The van der Waals surface area contributed by atoms with Crippen molar-refractivity contribution in [3.63, 3.8) is 0 Å². The van der Waals surface area contributed by atoms with Crippen molar-refractivity contribution in [1.82, 2.24) is 19.1 Å². The number of nitrogens with one attached hydrogen (secondary N) is 1. The number of hydrogen-bond acceptors (Lipinski definition) is 5. The first-order valence-corrected chi connectivity index (χ1v) is 10.1. The van der Waals surface area contributed by atoms with Crippen LogP contribution >= 0.6 is 23.2 Å². The fourth-order valence-electron chi connectivity index (χ4n) is 2.38. The lowest BCUT2D eigenvalue weighted by atomic mass is 10.2. The van der Waals surface area contributed by atoms with Crippen LogP contribution in [0.1, 0.15) is 10.4 Å². The van der Waals surface area contributed by atoms with Gasteiger partial charge in [0.1, 0.15) is 12.7 Å². The number of sulfonamides is 1. The summed E-state index contributed by atoms with van der Waals surface area (Å²) in [7, 11) is -0.916. The molecule has 0 spiro atoms. The number of amides is 1. The molecule has 0 aliphatic heterocycles. The van der Waals surface area contributed by atoms with E-state index in [4.69, 9.17) is 23.2 Å². The maximum absolute atomic E-state index is 12.8. The molecule has 0 atom stereocenters. The molecule has 0 fully saturated rings. The van der Waals surface area contributed by atoms with Crippen molar-refractivity contribution < 1.29 is 13.2 Å². The summed E-state index contributed by atoms with van der Waals surface area (Å²) in [5.74, 6) is -0.593. The van der Waals surface area contributed by atoms with Crippen LogP contribution in [0.5, 0.6) is 0 Å². The average molecular weight is 440 g/mol. The molecule has 11 heteroatoms. The minimum atomic E-state index is -3.72. The van der Waals surface area contributed by atoms with E-state index < -0.39 is 15.9 Å². The van der Waals surface area contributed by atoms with Crippen LogP contribution in [-0.4, -0.2) is 47.5 Å². The number of carbonyl (C=O) groups is 1. The average Bonchev–Trinajstić information content (AvgIpc) is 3.16. The van der Waals surface area contributed by atoms with Gasteiger partial charge in [0.2, 0.25) is 10.0 Å². The molecule has 1 N–H and O–H groups in total. The van der Waals surface area contributed by atoms with Gasteiger partial charge in [-0.3, -0.25) is 4.79 Å². The lowest BCUT2D eigenvalue weighted by molar-refractivity contribution is 0.102. The highest BCUT2D eigenvalue weighted by molar-refractivity contribution is 7.89. The Bertz CT molecular complexity index is 1130. The number of nitrogens with zero attached hydrogens (tertiary/aromatic N) is 4. The Morgan fingerprint density at radius 1 is 1.14 bits per heavy atom. The van der Waals surface area contributed by atoms with Crippen LogP contribution in [-0.2, 0) is 10.0 Å². The summed E-state index contributed by atoms with van der Waals surface area (Å²) in [5.41, 5.74) is 0.900. The van der Waals surface area contributed by atoms with E-state index >= 15 is 0 Å². The molecule has 2 aromatic carbocycles. The fraction of sp³-hybridized carbons (Fsp3) is 0.118. The van der Waals surface area contributed by atoms with Crippen molar-refractivity contribution in [2.24, 2.45) is 0 Å². The monoisotopic (exact) mass is 439 g/mol. The quantitative estimate of drug-likeness (QED) is 0.658. The Hall–Kier alpha value is -2.46. The van der Waals surface area contributed by atoms with E-state index in [9.17, 15) is 13.2 Å². The van der Waals surface area contributed by atoms with Crippen LogP contribution in [0.3, 0.4) is 0 Å². The van der Waals surface area contributed by atoms with E-state index in [1.165, 1.54) is 49.6 Å². The van der Waals surface area contributed by atoms with Crippen molar-refractivity contribution in [3.05, 3.63) is 64.7 Å². The molecule has 0 unspecified atom stereocenters.